The van der Waals surface area contributed by atoms with Gasteiger partial charge in [-0.2, -0.15) is 0 Å². The molecule has 0 saturated carbocycles. The molecule has 2 amide bonds. The number of piperazine rings is 1. The van der Waals surface area contributed by atoms with Gasteiger partial charge in [0.15, 0.2) is 5.96 Å². The second kappa shape index (κ2) is 13.0. The van der Waals surface area contributed by atoms with Gasteiger partial charge in [-0.05, 0) is 42.9 Å². The summed E-state index contributed by atoms with van der Waals surface area (Å²) in [7, 11) is 0. The van der Waals surface area contributed by atoms with E-state index in [9.17, 15) is 9.59 Å². The van der Waals surface area contributed by atoms with Crippen LogP contribution in [0.15, 0.2) is 29.3 Å². The van der Waals surface area contributed by atoms with Gasteiger partial charge in [0.05, 0.1) is 0 Å². The first-order valence-corrected chi connectivity index (χ1v) is 11.6. The van der Waals surface area contributed by atoms with Gasteiger partial charge < -0.3 is 20.9 Å². The van der Waals surface area contributed by atoms with Gasteiger partial charge in [0, 0.05) is 51.3 Å². The molecule has 1 aromatic rings. The SMILES string of the molecule is CCc1cccc(NC(N)=NCCCCCC(=O)N2CCN(C(=O)CC(C)C)CC2)c1. The highest BCUT2D eigenvalue weighted by molar-refractivity contribution is 5.92. The standard InChI is InChI=1S/C24H39N5O2/c1-4-20-9-8-10-21(18-20)27-24(25)26-12-7-5-6-11-22(30)28-13-15-29(16-14-28)23(31)17-19(2)3/h8-10,18-19H,4-7,11-17H2,1-3H3,(H3,25,26,27). The van der Waals surface area contributed by atoms with Crippen LogP contribution < -0.4 is 11.1 Å². The van der Waals surface area contributed by atoms with E-state index in [0.29, 0.717) is 57.4 Å². The number of unbranched alkanes of at least 4 members (excludes halogenated alkanes) is 2. The summed E-state index contributed by atoms with van der Waals surface area (Å²) < 4.78 is 0. The quantitative estimate of drug-likeness (QED) is 0.339. The van der Waals surface area contributed by atoms with E-state index in [1.165, 1.54) is 5.56 Å². The van der Waals surface area contributed by atoms with Crippen LogP contribution in [0.5, 0.6) is 0 Å². The van der Waals surface area contributed by atoms with Crippen LogP contribution in [0, 0.1) is 5.92 Å². The summed E-state index contributed by atoms with van der Waals surface area (Å²) in [6.45, 7) is 9.48. The molecule has 0 bridgehead atoms. The molecule has 0 aliphatic carbocycles. The third kappa shape index (κ3) is 8.99. The highest BCUT2D eigenvalue weighted by atomic mass is 16.2. The zero-order chi connectivity index (χ0) is 22.6. The van der Waals surface area contributed by atoms with Crippen molar-refractivity contribution in [3.8, 4) is 0 Å². The molecule has 172 valence electrons. The van der Waals surface area contributed by atoms with E-state index >= 15 is 0 Å². The lowest BCUT2D eigenvalue weighted by Gasteiger charge is -2.35. The van der Waals surface area contributed by atoms with Gasteiger partial charge in [-0.15, -0.1) is 0 Å². The zero-order valence-corrected chi connectivity index (χ0v) is 19.4. The van der Waals surface area contributed by atoms with Crippen LogP contribution in [-0.4, -0.2) is 60.3 Å². The number of amides is 2. The Morgan fingerprint density at radius 3 is 2.39 bits per heavy atom. The summed E-state index contributed by atoms with van der Waals surface area (Å²) in [5.74, 6) is 1.19. The number of benzene rings is 1. The Morgan fingerprint density at radius 1 is 1.06 bits per heavy atom. The van der Waals surface area contributed by atoms with Crippen LogP contribution in [0.4, 0.5) is 5.69 Å². The molecule has 31 heavy (non-hydrogen) atoms. The van der Waals surface area contributed by atoms with E-state index in [-0.39, 0.29) is 11.8 Å². The Balaban J connectivity index is 1.58. The van der Waals surface area contributed by atoms with E-state index < -0.39 is 0 Å². The third-order valence-corrected chi connectivity index (χ3v) is 5.51. The first-order valence-electron chi connectivity index (χ1n) is 11.6. The predicted octanol–water partition coefficient (Wildman–Crippen LogP) is 3.25. The number of aliphatic imine (C=N–C) groups is 1. The van der Waals surface area contributed by atoms with Crippen molar-refractivity contribution < 1.29 is 9.59 Å². The molecular formula is C24H39N5O2. The van der Waals surface area contributed by atoms with E-state index in [1.807, 2.05) is 21.9 Å². The largest absolute Gasteiger partial charge is 0.370 e. The van der Waals surface area contributed by atoms with Crippen LogP contribution >= 0.6 is 0 Å². The molecule has 7 nitrogen and oxygen atoms in total. The smallest absolute Gasteiger partial charge is 0.222 e. The maximum absolute atomic E-state index is 12.4. The second-order valence-electron chi connectivity index (χ2n) is 8.62. The number of aryl methyl sites for hydroxylation is 1. The maximum atomic E-state index is 12.4. The Hall–Kier alpha value is -2.57. The fraction of sp³-hybridized carbons (Fsp3) is 0.625. The molecule has 1 fully saturated rings. The number of nitrogens with two attached hydrogens (primary N) is 1. The summed E-state index contributed by atoms with van der Waals surface area (Å²) in [6, 6.07) is 8.15. The van der Waals surface area contributed by atoms with Crippen molar-refractivity contribution >= 4 is 23.5 Å². The lowest BCUT2D eigenvalue weighted by Crippen LogP contribution is -2.50. The van der Waals surface area contributed by atoms with Crippen molar-refractivity contribution in [3.63, 3.8) is 0 Å². The van der Waals surface area contributed by atoms with Crippen molar-refractivity contribution in [2.75, 3.05) is 38.0 Å². The molecule has 7 heteroatoms. The topological polar surface area (TPSA) is 91.0 Å². The minimum absolute atomic E-state index is 0.191. The van der Waals surface area contributed by atoms with E-state index in [2.05, 4.69) is 43.2 Å². The van der Waals surface area contributed by atoms with Crippen LogP contribution in [0.3, 0.4) is 0 Å². The number of guanidine groups is 1. The molecule has 1 aliphatic rings. The number of rotatable bonds is 10. The summed E-state index contributed by atoms with van der Waals surface area (Å²) >= 11 is 0. The van der Waals surface area contributed by atoms with E-state index in [4.69, 9.17) is 5.73 Å². The normalized spacial score (nSPS) is 14.8. The fourth-order valence-corrected chi connectivity index (χ4v) is 3.66. The average molecular weight is 430 g/mol. The molecule has 0 unspecified atom stereocenters. The zero-order valence-electron chi connectivity index (χ0n) is 19.4. The van der Waals surface area contributed by atoms with Gasteiger partial charge in [-0.3, -0.25) is 14.6 Å². The van der Waals surface area contributed by atoms with Crippen LogP contribution in [-0.2, 0) is 16.0 Å². The molecular weight excluding hydrogens is 390 g/mol. The molecule has 2 rings (SSSR count). The van der Waals surface area contributed by atoms with Gasteiger partial charge >= 0.3 is 0 Å². The number of anilines is 1. The van der Waals surface area contributed by atoms with Crippen molar-refractivity contribution in [3.05, 3.63) is 29.8 Å². The summed E-state index contributed by atoms with van der Waals surface area (Å²) in [4.78, 5) is 32.7. The number of carbonyl (C=O) groups excluding carboxylic acids is 2. The molecule has 0 aromatic heterocycles. The van der Waals surface area contributed by atoms with Gasteiger partial charge in [0.1, 0.15) is 0 Å². The fourth-order valence-electron chi connectivity index (χ4n) is 3.66. The first kappa shape index (κ1) is 24.7. The Labute approximate surface area is 187 Å². The summed E-state index contributed by atoms with van der Waals surface area (Å²) in [5.41, 5.74) is 8.18. The highest BCUT2D eigenvalue weighted by Crippen LogP contribution is 2.12. The Kier molecular flexibility index (Phi) is 10.3. The van der Waals surface area contributed by atoms with Crippen LogP contribution in [0.2, 0.25) is 0 Å². The predicted molar refractivity (Wildman–Crippen MR) is 127 cm³/mol. The second-order valence-corrected chi connectivity index (χ2v) is 8.62. The monoisotopic (exact) mass is 429 g/mol. The molecule has 1 saturated heterocycles. The Bertz CT molecular complexity index is 739. The van der Waals surface area contributed by atoms with Crippen molar-refractivity contribution in [2.24, 2.45) is 16.6 Å². The van der Waals surface area contributed by atoms with Gasteiger partial charge in [-0.1, -0.05) is 39.3 Å². The molecule has 0 spiro atoms. The molecule has 1 aromatic carbocycles. The molecule has 0 radical (unpaired) electrons. The maximum Gasteiger partial charge on any atom is 0.222 e. The van der Waals surface area contributed by atoms with Crippen molar-refractivity contribution in [2.45, 2.75) is 59.3 Å². The number of carbonyl (C=O) groups is 2. The average Bonchev–Trinajstić information content (AvgIpc) is 2.75. The third-order valence-electron chi connectivity index (χ3n) is 5.51. The number of nitrogens with one attached hydrogen (secondary N) is 1. The van der Waals surface area contributed by atoms with Crippen LogP contribution in [0.1, 0.15) is 58.4 Å². The summed E-state index contributed by atoms with van der Waals surface area (Å²) in [6.07, 6.45) is 4.83. The lowest BCUT2D eigenvalue weighted by molar-refractivity contribution is -0.140. The van der Waals surface area contributed by atoms with Gasteiger partial charge in [0.25, 0.3) is 0 Å². The van der Waals surface area contributed by atoms with Gasteiger partial charge in [0.2, 0.25) is 11.8 Å². The number of nitrogens with zero attached hydrogens (tertiary/aromatic N) is 3. The van der Waals surface area contributed by atoms with E-state index in [0.717, 1.165) is 31.4 Å². The van der Waals surface area contributed by atoms with Crippen molar-refractivity contribution in [1.82, 2.24) is 9.80 Å². The number of hydrogen-bond donors (Lipinski definition) is 2. The molecule has 1 aliphatic heterocycles. The van der Waals surface area contributed by atoms with Crippen molar-refractivity contribution in [1.29, 1.82) is 0 Å². The van der Waals surface area contributed by atoms with E-state index in [1.54, 1.807) is 0 Å². The minimum atomic E-state index is 0.191. The van der Waals surface area contributed by atoms with Gasteiger partial charge in [-0.25, -0.2) is 0 Å². The summed E-state index contributed by atoms with van der Waals surface area (Å²) in [5, 5.41) is 3.13. The highest BCUT2D eigenvalue weighted by Gasteiger charge is 2.23. The first-order chi connectivity index (χ1) is 14.9. The molecule has 3 N–H and O–H groups in total. The lowest BCUT2D eigenvalue weighted by atomic mass is 10.1. The Morgan fingerprint density at radius 2 is 1.74 bits per heavy atom. The molecule has 1 heterocycles. The molecule has 0 atom stereocenters. The number of hydrogen-bond acceptors (Lipinski definition) is 3. The minimum Gasteiger partial charge on any atom is -0.370 e. The van der Waals surface area contributed by atoms with Crippen LogP contribution in [0.25, 0.3) is 0 Å².